The van der Waals surface area contributed by atoms with Crippen LogP contribution in [0.25, 0.3) is 11.0 Å². The second-order valence-electron chi connectivity index (χ2n) is 5.35. The van der Waals surface area contributed by atoms with E-state index in [-0.39, 0.29) is 11.7 Å². The molecule has 1 amide bonds. The number of pyridine rings is 1. The van der Waals surface area contributed by atoms with Crippen molar-refractivity contribution in [1.29, 1.82) is 0 Å². The van der Waals surface area contributed by atoms with Crippen LogP contribution >= 0.6 is 11.8 Å². The zero-order valence-electron chi connectivity index (χ0n) is 13.2. The number of carbonyl (C=O) groups is 1. The van der Waals surface area contributed by atoms with Crippen LogP contribution in [-0.2, 0) is 24.1 Å². The van der Waals surface area contributed by atoms with Gasteiger partial charge in [0.05, 0.1) is 23.3 Å². The predicted octanol–water partition coefficient (Wildman–Crippen LogP) is 2.66. The van der Waals surface area contributed by atoms with Gasteiger partial charge < -0.3 is 9.88 Å². The zero-order valence-corrected chi connectivity index (χ0v) is 14.0. The molecule has 3 rings (SSSR count). The molecule has 2 heterocycles. The Morgan fingerprint density at radius 3 is 2.88 bits per heavy atom. The number of benzene rings is 1. The van der Waals surface area contributed by atoms with Crippen molar-refractivity contribution in [3.05, 3.63) is 59.9 Å². The maximum absolute atomic E-state index is 13.2. The molecule has 0 bridgehead atoms. The minimum Gasteiger partial charge on any atom is -0.348 e. The van der Waals surface area contributed by atoms with Crippen LogP contribution in [0.5, 0.6) is 0 Å². The average molecular weight is 344 g/mol. The number of thioether (sulfide) groups is 1. The molecule has 7 heteroatoms. The number of hydrogen-bond donors (Lipinski definition) is 1. The van der Waals surface area contributed by atoms with Gasteiger partial charge in [-0.15, -0.1) is 11.8 Å². The average Bonchev–Trinajstić information content (AvgIpc) is 2.89. The van der Waals surface area contributed by atoms with E-state index in [0.717, 1.165) is 16.8 Å². The monoisotopic (exact) mass is 344 g/mol. The molecule has 1 N–H and O–H groups in total. The summed E-state index contributed by atoms with van der Waals surface area (Å²) in [6.45, 7) is 0.321. The number of fused-ring (bicyclic) bond motifs is 1. The molecule has 5 nitrogen and oxygen atoms in total. The largest absolute Gasteiger partial charge is 0.348 e. The Bertz CT molecular complexity index is 850. The highest BCUT2D eigenvalue weighted by Gasteiger charge is 2.10. The Kier molecular flexibility index (Phi) is 5.10. The van der Waals surface area contributed by atoms with Crippen LogP contribution < -0.4 is 5.32 Å². The van der Waals surface area contributed by atoms with E-state index in [4.69, 9.17) is 0 Å². The first-order chi connectivity index (χ1) is 11.6. The molecule has 2 aromatic heterocycles. The van der Waals surface area contributed by atoms with Crippen LogP contribution in [0.2, 0.25) is 0 Å². The summed E-state index contributed by atoms with van der Waals surface area (Å²) in [7, 11) is 1.85. The lowest BCUT2D eigenvalue weighted by atomic mass is 10.3. The summed E-state index contributed by atoms with van der Waals surface area (Å²) in [5.74, 6) is 1.47. The summed E-state index contributed by atoms with van der Waals surface area (Å²) < 4.78 is 15.1. The molecule has 0 aliphatic heterocycles. The lowest BCUT2D eigenvalue weighted by Crippen LogP contribution is -2.26. The third kappa shape index (κ3) is 3.91. The molecule has 0 aliphatic rings. The standard InChI is InChI=1S/C17H17FN4OS/c1-22-15-3-2-13(18)8-14(15)21-16(22)9-20-17(23)11-24-10-12-4-6-19-7-5-12/h2-8H,9-11H2,1H3,(H,20,23). The number of rotatable bonds is 6. The van der Waals surface area contributed by atoms with Gasteiger partial charge in [0.25, 0.3) is 0 Å². The van der Waals surface area contributed by atoms with Crippen molar-refractivity contribution in [2.75, 3.05) is 5.75 Å². The highest BCUT2D eigenvalue weighted by atomic mass is 32.2. The second kappa shape index (κ2) is 7.44. The summed E-state index contributed by atoms with van der Waals surface area (Å²) in [5.41, 5.74) is 2.57. The quantitative estimate of drug-likeness (QED) is 0.747. The first kappa shape index (κ1) is 16.4. The normalized spacial score (nSPS) is 10.9. The van der Waals surface area contributed by atoms with Crippen molar-refractivity contribution in [3.63, 3.8) is 0 Å². The number of imidazole rings is 1. The molecule has 0 saturated carbocycles. The number of nitrogens with zero attached hydrogens (tertiary/aromatic N) is 3. The molecule has 0 unspecified atom stereocenters. The molecular weight excluding hydrogens is 327 g/mol. The van der Waals surface area contributed by atoms with Gasteiger partial charge in [0.15, 0.2) is 0 Å². The molecule has 1 aromatic carbocycles. The summed E-state index contributed by atoms with van der Waals surface area (Å²) >= 11 is 1.54. The SMILES string of the molecule is Cn1c(CNC(=O)CSCc2ccncc2)nc2cc(F)ccc21. The van der Waals surface area contributed by atoms with Crippen molar-refractivity contribution < 1.29 is 9.18 Å². The number of nitrogens with one attached hydrogen (secondary N) is 1. The van der Waals surface area contributed by atoms with Crippen molar-refractivity contribution in [1.82, 2.24) is 19.9 Å². The van der Waals surface area contributed by atoms with E-state index in [0.29, 0.717) is 23.6 Å². The predicted molar refractivity (Wildman–Crippen MR) is 92.9 cm³/mol. The van der Waals surface area contributed by atoms with E-state index in [9.17, 15) is 9.18 Å². The van der Waals surface area contributed by atoms with Crippen molar-refractivity contribution >= 4 is 28.7 Å². The number of carbonyl (C=O) groups excluding carboxylic acids is 1. The lowest BCUT2D eigenvalue weighted by molar-refractivity contribution is -0.118. The fraction of sp³-hybridized carbons (Fsp3) is 0.235. The van der Waals surface area contributed by atoms with Crippen LogP contribution in [0, 0.1) is 5.82 Å². The first-order valence-corrected chi connectivity index (χ1v) is 8.63. The number of aryl methyl sites for hydroxylation is 1. The van der Waals surface area contributed by atoms with Crippen LogP contribution in [0.3, 0.4) is 0 Å². The zero-order chi connectivity index (χ0) is 16.9. The molecular formula is C17H17FN4OS. The van der Waals surface area contributed by atoms with Gasteiger partial charge in [-0.05, 0) is 29.8 Å². The molecule has 3 aromatic rings. The Hall–Kier alpha value is -2.41. The summed E-state index contributed by atoms with van der Waals surface area (Å²) in [4.78, 5) is 20.3. The Morgan fingerprint density at radius 1 is 1.29 bits per heavy atom. The van der Waals surface area contributed by atoms with Crippen molar-refractivity contribution in [2.45, 2.75) is 12.3 Å². The minimum absolute atomic E-state index is 0.0488. The van der Waals surface area contributed by atoms with Gasteiger partial charge in [0.2, 0.25) is 5.91 Å². The Labute approximate surface area is 143 Å². The molecule has 24 heavy (non-hydrogen) atoms. The smallest absolute Gasteiger partial charge is 0.230 e. The van der Waals surface area contributed by atoms with Crippen molar-refractivity contribution in [2.24, 2.45) is 7.05 Å². The van der Waals surface area contributed by atoms with Gasteiger partial charge in [-0.3, -0.25) is 9.78 Å². The van der Waals surface area contributed by atoms with Crippen LogP contribution in [-0.4, -0.2) is 26.2 Å². The van der Waals surface area contributed by atoms with Gasteiger partial charge in [-0.1, -0.05) is 0 Å². The number of hydrogen-bond acceptors (Lipinski definition) is 4. The van der Waals surface area contributed by atoms with Gasteiger partial charge in [0, 0.05) is 31.3 Å². The fourth-order valence-corrected chi connectivity index (χ4v) is 3.17. The van der Waals surface area contributed by atoms with Crippen LogP contribution in [0.1, 0.15) is 11.4 Å². The van der Waals surface area contributed by atoms with Gasteiger partial charge in [-0.2, -0.15) is 0 Å². The first-order valence-electron chi connectivity index (χ1n) is 7.47. The molecule has 0 atom stereocenters. The molecule has 0 aliphatic carbocycles. The molecule has 0 saturated heterocycles. The Morgan fingerprint density at radius 2 is 2.08 bits per heavy atom. The summed E-state index contributed by atoms with van der Waals surface area (Å²) in [6, 6.07) is 8.36. The lowest BCUT2D eigenvalue weighted by Gasteiger charge is -2.06. The molecule has 0 radical (unpaired) electrons. The Balaban J connectivity index is 1.52. The molecule has 124 valence electrons. The number of halogens is 1. The molecule has 0 fully saturated rings. The fourth-order valence-electron chi connectivity index (χ4n) is 2.35. The van der Waals surface area contributed by atoms with Crippen LogP contribution in [0.4, 0.5) is 4.39 Å². The maximum atomic E-state index is 13.2. The van der Waals surface area contributed by atoms with Crippen LogP contribution in [0.15, 0.2) is 42.7 Å². The van der Waals surface area contributed by atoms with E-state index in [1.807, 2.05) is 23.7 Å². The van der Waals surface area contributed by atoms with Gasteiger partial charge in [0.1, 0.15) is 11.6 Å². The van der Waals surface area contributed by atoms with Gasteiger partial charge in [-0.25, -0.2) is 9.37 Å². The second-order valence-corrected chi connectivity index (χ2v) is 6.33. The summed E-state index contributed by atoms with van der Waals surface area (Å²) in [6.07, 6.45) is 3.48. The highest BCUT2D eigenvalue weighted by Crippen LogP contribution is 2.16. The topological polar surface area (TPSA) is 59.8 Å². The number of aromatic nitrogens is 3. The third-order valence-electron chi connectivity index (χ3n) is 3.63. The summed E-state index contributed by atoms with van der Waals surface area (Å²) in [5, 5.41) is 2.85. The van der Waals surface area contributed by atoms with Crippen molar-refractivity contribution in [3.8, 4) is 0 Å². The highest BCUT2D eigenvalue weighted by molar-refractivity contribution is 7.99. The van der Waals surface area contributed by atoms with Gasteiger partial charge >= 0.3 is 0 Å². The van der Waals surface area contributed by atoms with E-state index >= 15 is 0 Å². The molecule has 0 spiro atoms. The van der Waals surface area contributed by atoms with E-state index in [1.54, 1.807) is 30.2 Å². The third-order valence-corrected chi connectivity index (χ3v) is 4.63. The van der Waals surface area contributed by atoms with E-state index in [1.165, 1.54) is 12.1 Å². The minimum atomic E-state index is -0.316. The van der Waals surface area contributed by atoms with E-state index < -0.39 is 0 Å². The maximum Gasteiger partial charge on any atom is 0.230 e. The number of amides is 1. The van der Waals surface area contributed by atoms with E-state index in [2.05, 4.69) is 15.3 Å².